The highest BCUT2D eigenvalue weighted by Crippen LogP contribution is 2.27. The van der Waals surface area contributed by atoms with Gasteiger partial charge in [0.2, 0.25) is 0 Å². The van der Waals surface area contributed by atoms with Crippen LogP contribution in [-0.4, -0.2) is 4.98 Å². The first-order valence-electron chi connectivity index (χ1n) is 7.04. The molecule has 1 aromatic carbocycles. The molecule has 19 heavy (non-hydrogen) atoms. The number of aryl methyl sites for hydroxylation is 2. The summed E-state index contributed by atoms with van der Waals surface area (Å²) in [5, 5.41) is 4.57. The second-order valence-corrected chi connectivity index (χ2v) is 5.85. The predicted molar refractivity (Wildman–Crippen MR) is 84.0 cm³/mol. The van der Waals surface area contributed by atoms with E-state index in [1.807, 2.05) is 6.07 Å². The van der Waals surface area contributed by atoms with Gasteiger partial charge < -0.3 is 5.32 Å². The fraction of sp³-hybridized carbons (Fsp3) is 0.438. The van der Waals surface area contributed by atoms with Gasteiger partial charge in [0.05, 0.1) is 11.7 Å². The maximum atomic E-state index is 4.74. The van der Waals surface area contributed by atoms with Crippen LogP contribution in [-0.2, 0) is 12.8 Å². The Labute approximate surface area is 119 Å². The molecule has 0 fully saturated rings. The topological polar surface area (TPSA) is 24.9 Å². The van der Waals surface area contributed by atoms with Crippen molar-refractivity contribution in [2.75, 3.05) is 5.32 Å². The number of benzene rings is 1. The van der Waals surface area contributed by atoms with Crippen LogP contribution in [0.3, 0.4) is 0 Å². The van der Waals surface area contributed by atoms with Crippen LogP contribution in [0.5, 0.6) is 0 Å². The van der Waals surface area contributed by atoms with Crippen LogP contribution < -0.4 is 5.32 Å². The van der Waals surface area contributed by atoms with E-state index < -0.39 is 0 Å². The van der Waals surface area contributed by atoms with Crippen molar-refractivity contribution in [2.24, 2.45) is 0 Å². The van der Waals surface area contributed by atoms with Crippen LogP contribution in [0.2, 0.25) is 0 Å². The van der Waals surface area contributed by atoms with Crippen LogP contribution in [0, 0.1) is 0 Å². The second kappa shape index (κ2) is 6.71. The van der Waals surface area contributed by atoms with Gasteiger partial charge in [-0.3, -0.25) is 0 Å². The zero-order valence-corrected chi connectivity index (χ0v) is 12.8. The molecule has 0 spiro atoms. The molecule has 0 radical (unpaired) electrons. The lowest BCUT2D eigenvalue weighted by molar-refractivity contribution is 0.857. The molecular weight excluding hydrogens is 252 g/mol. The standard InChI is InChI=1S/C16H22N2S/c1-4-9-14-15(5-2)19-16(18-14)17-12(3)13-10-7-6-8-11-13/h6-8,10-12H,4-5,9H2,1-3H3,(H,17,18). The minimum Gasteiger partial charge on any atom is -0.355 e. The molecule has 0 bridgehead atoms. The third-order valence-electron chi connectivity index (χ3n) is 3.23. The molecule has 1 N–H and O–H groups in total. The lowest BCUT2D eigenvalue weighted by atomic mass is 10.1. The first kappa shape index (κ1) is 14.1. The van der Waals surface area contributed by atoms with E-state index in [0.717, 1.165) is 24.4 Å². The maximum Gasteiger partial charge on any atom is 0.183 e. The minimum absolute atomic E-state index is 0.298. The van der Waals surface area contributed by atoms with Crippen molar-refractivity contribution in [3.8, 4) is 0 Å². The Balaban J connectivity index is 2.10. The van der Waals surface area contributed by atoms with Crippen molar-refractivity contribution in [1.82, 2.24) is 4.98 Å². The summed E-state index contributed by atoms with van der Waals surface area (Å²) in [5.41, 5.74) is 2.57. The van der Waals surface area contributed by atoms with Crippen LogP contribution in [0.25, 0.3) is 0 Å². The molecule has 1 atom stereocenters. The number of nitrogens with zero attached hydrogens (tertiary/aromatic N) is 1. The minimum atomic E-state index is 0.298. The lowest BCUT2D eigenvalue weighted by Crippen LogP contribution is -2.06. The zero-order chi connectivity index (χ0) is 13.7. The Morgan fingerprint density at radius 1 is 1.21 bits per heavy atom. The summed E-state index contributed by atoms with van der Waals surface area (Å²) in [6, 6.07) is 10.8. The molecule has 0 saturated heterocycles. The average molecular weight is 274 g/mol. The van der Waals surface area contributed by atoms with E-state index in [0.29, 0.717) is 6.04 Å². The van der Waals surface area contributed by atoms with E-state index in [1.54, 1.807) is 11.3 Å². The van der Waals surface area contributed by atoms with Crippen LogP contribution in [0.1, 0.15) is 49.4 Å². The SMILES string of the molecule is CCCc1nc(NC(C)c2ccccc2)sc1CC. The third kappa shape index (κ3) is 3.57. The molecule has 2 aromatic rings. The Hall–Kier alpha value is -1.35. The van der Waals surface area contributed by atoms with E-state index >= 15 is 0 Å². The number of hydrogen-bond acceptors (Lipinski definition) is 3. The molecule has 2 nitrogen and oxygen atoms in total. The largest absolute Gasteiger partial charge is 0.355 e. The van der Waals surface area contributed by atoms with Gasteiger partial charge in [0.15, 0.2) is 5.13 Å². The monoisotopic (exact) mass is 274 g/mol. The summed E-state index contributed by atoms with van der Waals surface area (Å²) in [6.07, 6.45) is 3.32. The van der Waals surface area contributed by atoms with Crippen LogP contribution >= 0.6 is 11.3 Å². The fourth-order valence-electron chi connectivity index (χ4n) is 2.16. The summed E-state index contributed by atoms with van der Waals surface area (Å²) in [4.78, 5) is 6.16. The van der Waals surface area contributed by atoms with E-state index in [4.69, 9.17) is 4.98 Å². The summed E-state index contributed by atoms with van der Waals surface area (Å²) in [6.45, 7) is 6.59. The molecule has 3 heteroatoms. The first-order valence-corrected chi connectivity index (χ1v) is 7.86. The third-order valence-corrected chi connectivity index (χ3v) is 4.40. The number of nitrogens with one attached hydrogen (secondary N) is 1. The van der Waals surface area contributed by atoms with Crippen molar-refractivity contribution in [1.29, 1.82) is 0 Å². The summed E-state index contributed by atoms with van der Waals surface area (Å²) in [5.74, 6) is 0. The van der Waals surface area contributed by atoms with Crippen LogP contribution in [0.4, 0.5) is 5.13 Å². The Kier molecular flexibility index (Phi) is 4.97. The van der Waals surface area contributed by atoms with Crippen LogP contribution in [0.15, 0.2) is 30.3 Å². The number of rotatable bonds is 6. The summed E-state index contributed by atoms with van der Waals surface area (Å²) >= 11 is 1.80. The van der Waals surface area contributed by atoms with E-state index in [1.165, 1.54) is 16.1 Å². The molecule has 1 unspecified atom stereocenters. The van der Waals surface area contributed by atoms with Crippen molar-refractivity contribution in [3.05, 3.63) is 46.5 Å². The lowest BCUT2D eigenvalue weighted by Gasteiger charge is -2.12. The van der Waals surface area contributed by atoms with Gasteiger partial charge in [0, 0.05) is 4.88 Å². The molecule has 0 aliphatic heterocycles. The number of aromatic nitrogens is 1. The maximum absolute atomic E-state index is 4.74. The number of hydrogen-bond donors (Lipinski definition) is 1. The molecule has 2 rings (SSSR count). The molecule has 0 saturated carbocycles. The molecule has 1 heterocycles. The number of thiazole rings is 1. The van der Waals surface area contributed by atoms with Gasteiger partial charge in [0.25, 0.3) is 0 Å². The molecule has 1 aromatic heterocycles. The van der Waals surface area contributed by atoms with Gasteiger partial charge >= 0.3 is 0 Å². The smallest absolute Gasteiger partial charge is 0.183 e. The van der Waals surface area contributed by atoms with Crippen molar-refractivity contribution in [2.45, 2.75) is 46.1 Å². The molecule has 0 amide bonds. The highest BCUT2D eigenvalue weighted by molar-refractivity contribution is 7.15. The van der Waals surface area contributed by atoms with Crippen molar-refractivity contribution in [3.63, 3.8) is 0 Å². The fourth-order valence-corrected chi connectivity index (χ4v) is 3.20. The first-order chi connectivity index (χ1) is 9.24. The van der Waals surface area contributed by atoms with Gasteiger partial charge in [-0.1, -0.05) is 50.6 Å². The van der Waals surface area contributed by atoms with Crippen molar-refractivity contribution >= 4 is 16.5 Å². The van der Waals surface area contributed by atoms with Crippen molar-refractivity contribution < 1.29 is 0 Å². The Bertz CT molecular complexity index is 505. The summed E-state index contributed by atoms with van der Waals surface area (Å²) < 4.78 is 0. The van der Waals surface area contributed by atoms with Gasteiger partial charge in [-0.25, -0.2) is 4.98 Å². The highest BCUT2D eigenvalue weighted by Gasteiger charge is 2.11. The zero-order valence-electron chi connectivity index (χ0n) is 11.9. The van der Waals surface area contributed by atoms with Gasteiger partial charge in [-0.2, -0.15) is 0 Å². The van der Waals surface area contributed by atoms with E-state index in [9.17, 15) is 0 Å². The van der Waals surface area contributed by atoms with Gasteiger partial charge in [-0.15, -0.1) is 11.3 Å². The Morgan fingerprint density at radius 2 is 1.95 bits per heavy atom. The van der Waals surface area contributed by atoms with E-state index in [-0.39, 0.29) is 0 Å². The molecule has 0 aliphatic rings. The normalized spacial score (nSPS) is 12.4. The predicted octanol–water partition coefficient (Wildman–Crippen LogP) is 4.83. The number of anilines is 1. The summed E-state index contributed by atoms with van der Waals surface area (Å²) in [7, 11) is 0. The average Bonchev–Trinajstić information content (AvgIpc) is 2.82. The van der Waals surface area contributed by atoms with Gasteiger partial charge in [-0.05, 0) is 25.3 Å². The second-order valence-electron chi connectivity index (χ2n) is 4.77. The quantitative estimate of drug-likeness (QED) is 0.816. The van der Waals surface area contributed by atoms with E-state index in [2.05, 4.69) is 50.4 Å². The highest BCUT2D eigenvalue weighted by atomic mass is 32.1. The van der Waals surface area contributed by atoms with Gasteiger partial charge in [0.1, 0.15) is 0 Å². The molecular formula is C16H22N2S. The molecule has 102 valence electrons. The Morgan fingerprint density at radius 3 is 2.58 bits per heavy atom. The molecule has 0 aliphatic carbocycles.